The van der Waals surface area contributed by atoms with Crippen molar-refractivity contribution >= 4 is 70.1 Å². The lowest BCUT2D eigenvalue weighted by atomic mass is 9.96. The number of rotatable bonds is 17. The Hall–Kier alpha value is -6.66. The molecule has 7 N–H and O–H groups in total. The number of amides is 3. The van der Waals surface area contributed by atoms with Crippen LogP contribution < -0.4 is 20.8 Å². The van der Waals surface area contributed by atoms with Crippen molar-refractivity contribution in [1.82, 2.24) is 35.7 Å². The van der Waals surface area contributed by atoms with Crippen molar-refractivity contribution in [2.24, 2.45) is 0 Å². The van der Waals surface area contributed by atoms with Crippen LogP contribution in [0.15, 0.2) is 62.0 Å². The number of ether oxygens (including phenoxy) is 2. The van der Waals surface area contributed by atoms with Gasteiger partial charge in [-0.05, 0) is 46.2 Å². The van der Waals surface area contributed by atoms with Gasteiger partial charge in [0.05, 0.1) is 5.39 Å². The molecule has 4 heterocycles. The van der Waals surface area contributed by atoms with E-state index in [-0.39, 0.29) is 56.7 Å². The first-order valence-electron chi connectivity index (χ1n) is 17.3. The van der Waals surface area contributed by atoms with E-state index >= 15 is 0 Å². The van der Waals surface area contributed by atoms with Crippen LogP contribution in [0.2, 0.25) is 0 Å². The zero-order chi connectivity index (χ0) is 42.8. The van der Waals surface area contributed by atoms with Crippen LogP contribution in [0, 0.1) is 0 Å². The highest BCUT2D eigenvalue weighted by Crippen LogP contribution is 2.47. The molecule has 1 saturated heterocycles. The third kappa shape index (κ3) is 8.22. The summed E-state index contributed by atoms with van der Waals surface area (Å²) in [4.78, 5) is 92.0. The maximum Gasteiger partial charge on any atom is 0.352 e. The van der Waals surface area contributed by atoms with Gasteiger partial charge in [0.1, 0.15) is 46.3 Å². The fourth-order valence-corrected chi connectivity index (χ4v) is 8.75. The van der Waals surface area contributed by atoms with Crippen molar-refractivity contribution in [1.29, 1.82) is 0 Å². The molecule has 1 unspecified atom stereocenters. The third-order valence-electron chi connectivity index (χ3n) is 8.98. The molecule has 2 aromatic heterocycles. The van der Waals surface area contributed by atoms with Gasteiger partial charge in [-0.25, -0.2) is 14.3 Å². The van der Waals surface area contributed by atoms with E-state index in [0.29, 0.717) is 6.42 Å². The molecule has 0 spiro atoms. The first kappa shape index (κ1) is 42.0. The number of phenols is 2. The smallest absolute Gasteiger partial charge is 0.352 e. The number of hydrogen-bond acceptors (Lipinski definition) is 17. The van der Waals surface area contributed by atoms with E-state index in [0.717, 1.165) is 52.3 Å². The minimum Gasteiger partial charge on any atom is -0.504 e. The number of phenolic OH excluding ortho intramolecular Hbond substituents is 2. The van der Waals surface area contributed by atoms with Crippen molar-refractivity contribution in [3.05, 3.63) is 74.8 Å². The van der Waals surface area contributed by atoms with Gasteiger partial charge < -0.3 is 50.1 Å². The Bertz CT molecular complexity index is 2470. The van der Waals surface area contributed by atoms with Crippen LogP contribution in [-0.2, 0) is 41.7 Å². The van der Waals surface area contributed by atoms with E-state index < -0.39 is 94.1 Å². The highest BCUT2D eigenvalue weighted by atomic mass is 32.2. The van der Waals surface area contributed by atoms with E-state index in [1.165, 1.54) is 24.3 Å². The summed E-state index contributed by atoms with van der Waals surface area (Å²) in [5, 5.41) is 63.0. The lowest BCUT2D eigenvalue weighted by molar-refractivity contribution is -0.192. The topological polar surface area (TPSA) is 323 Å². The lowest BCUT2D eigenvalue weighted by Gasteiger charge is -2.56. The molecule has 2 aliphatic rings. The number of aromatic nitrogens is 4. The molecule has 2 aliphatic heterocycles. The molecule has 0 saturated carbocycles. The number of carboxylic acid groups (broad SMARTS) is 3. The molecule has 3 amide bonds. The molecular weight excluding hydrogens is 823 g/mol. The number of carbonyl (C=O) groups is 6. The number of β-lactam (4-membered cyclic amide) rings is 1. The van der Waals surface area contributed by atoms with E-state index in [1.807, 2.05) is 0 Å². The number of fused-ring (bicyclic) bond motifs is 2. The first-order chi connectivity index (χ1) is 28.1. The number of nitrogens with one attached hydrogen (secondary N) is 2. The van der Waals surface area contributed by atoms with Crippen LogP contribution in [-0.4, -0.2) is 123 Å². The number of methoxy groups -OCH3 is 1. The van der Waals surface area contributed by atoms with Crippen molar-refractivity contribution in [3.63, 3.8) is 0 Å². The van der Waals surface area contributed by atoms with Crippen LogP contribution in [0.4, 0.5) is 0 Å². The summed E-state index contributed by atoms with van der Waals surface area (Å²) in [6, 6.07) is 5.52. The molecule has 6 rings (SSSR count). The van der Waals surface area contributed by atoms with Crippen LogP contribution >= 0.6 is 23.5 Å². The number of tetrazole rings is 1. The molecule has 59 heavy (non-hydrogen) atoms. The van der Waals surface area contributed by atoms with E-state index in [9.17, 15) is 48.9 Å². The zero-order valence-electron chi connectivity index (χ0n) is 30.7. The summed E-state index contributed by atoms with van der Waals surface area (Å²) in [6.07, 6.45) is 0.461. The zero-order valence-corrected chi connectivity index (χ0v) is 32.4. The summed E-state index contributed by atoms with van der Waals surface area (Å²) in [6.45, 7) is 0.513. The fourth-order valence-electron chi connectivity index (χ4n) is 6.29. The summed E-state index contributed by atoms with van der Waals surface area (Å²) >= 11 is 1.99. The van der Waals surface area contributed by atoms with Crippen molar-refractivity contribution in [2.45, 2.75) is 48.6 Å². The Balaban J connectivity index is 1.32. The Morgan fingerprint density at radius 3 is 2.42 bits per heavy atom. The predicted molar refractivity (Wildman–Crippen MR) is 201 cm³/mol. The standard InChI is InChI=1S/C35H33N7O15S2/c1-3-4-21-25(28(49)18-9-19(43)20(44)10-22(18)57-21)29(50)36-26(15-5-7-17(8-6-15)56-12-24(47)48)30(51)37-35(55-2)32(54)42-27(31(52)53)16(13-58-33(35)42)14-59-34-38-39-40-41(34)11-23(45)46/h5-10,26,33,43-44H,3-4,11-14H2,1-2H3,(H,36,50)(H,37,51)(H,45,46)(H,47,48)(H,52,53)/t26?,33-,35-/m0/s1. The van der Waals surface area contributed by atoms with Gasteiger partial charge in [0.15, 0.2) is 18.1 Å². The summed E-state index contributed by atoms with van der Waals surface area (Å²) in [5.74, 6) is -8.36. The highest BCUT2D eigenvalue weighted by molar-refractivity contribution is 8.01. The van der Waals surface area contributed by atoms with Gasteiger partial charge in [0.2, 0.25) is 16.5 Å². The molecule has 310 valence electrons. The number of thioether (sulfide) groups is 2. The quantitative estimate of drug-likeness (QED) is 0.0332. The van der Waals surface area contributed by atoms with Crippen LogP contribution in [0.3, 0.4) is 0 Å². The lowest BCUT2D eigenvalue weighted by Crippen LogP contribution is -2.81. The van der Waals surface area contributed by atoms with Gasteiger partial charge >= 0.3 is 17.9 Å². The molecule has 2 aromatic carbocycles. The Labute approximate surface area is 339 Å². The monoisotopic (exact) mass is 855 g/mol. The van der Waals surface area contributed by atoms with Crippen LogP contribution in [0.5, 0.6) is 17.2 Å². The van der Waals surface area contributed by atoms with E-state index in [4.69, 9.17) is 24.1 Å². The minimum atomic E-state index is -2.17. The molecule has 1 fully saturated rings. The molecule has 3 atom stereocenters. The molecule has 24 heteroatoms. The van der Waals surface area contributed by atoms with Crippen LogP contribution in [0.1, 0.15) is 41.1 Å². The summed E-state index contributed by atoms with van der Waals surface area (Å²) in [7, 11) is 1.11. The van der Waals surface area contributed by atoms with Crippen molar-refractivity contribution in [2.75, 3.05) is 25.2 Å². The Morgan fingerprint density at radius 2 is 1.78 bits per heavy atom. The van der Waals surface area contributed by atoms with Gasteiger partial charge in [-0.3, -0.25) is 28.9 Å². The molecule has 0 radical (unpaired) electrons. The number of aromatic hydroxyl groups is 2. The third-order valence-corrected chi connectivity index (χ3v) is 11.4. The van der Waals surface area contributed by atoms with Crippen molar-refractivity contribution < 1.29 is 68.2 Å². The number of aryl methyl sites for hydroxylation is 1. The SMILES string of the molecule is CCCc1oc2cc(O)c(O)cc2c(=O)c1C(=O)NC(C(=O)N[C@]1(OC)C(=O)N2C(C(=O)O)=C(CSc3nnnn3CC(=O)O)CS[C@H]21)c1ccc(OCC(=O)O)cc1. The Kier molecular flexibility index (Phi) is 12.1. The fraction of sp³-hybridized carbons (Fsp3) is 0.314. The number of hydrogen-bond donors (Lipinski definition) is 7. The highest BCUT2D eigenvalue weighted by Gasteiger charge is 2.67. The number of benzene rings is 2. The number of aliphatic carboxylic acids is 3. The van der Waals surface area contributed by atoms with Crippen LogP contribution in [0.25, 0.3) is 11.0 Å². The minimum absolute atomic E-state index is 0.00774. The van der Waals surface area contributed by atoms with Gasteiger partial charge in [-0.15, -0.1) is 16.9 Å². The molecule has 22 nitrogen and oxygen atoms in total. The second-order valence-electron chi connectivity index (χ2n) is 12.8. The summed E-state index contributed by atoms with van der Waals surface area (Å²) in [5.41, 5.74) is -3.78. The van der Waals surface area contributed by atoms with Gasteiger partial charge in [0, 0.05) is 31.1 Å². The second kappa shape index (κ2) is 17.1. The van der Waals surface area contributed by atoms with Gasteiger partial charge in [-0.2, -0.15) is 0 Å². The maximum absolute atomic E-state index is 14.4. The van der Waals surface area contributed by atoms with Crippen molar-refractivity contribution in [3.8, 4) is 17.2 Å². The maximum atomic E-state index is 14.4. The molecule has 4 aromatic rings. The summed E-state index contributed by atoms with van der Waals surface area (Å²) < 4.78 is 17.6. The predicted octanol–water partition coefficient (Wildman–Crippen LogP) is 0.667. The van der Waals surface area contributed by atoms with E-state index in [2.05, 4.69) is 26.2 Å². The molecular formula is C35H33N7O15S2. The largest absolute Gasteiger partial charge is 0.504 e. The average molecular weight is 856 g/mol. The van der Waals surface area contributed by atoms with Gasteiger partial charge in [0.25, 0.3) is 17.5 Å². The molecule has 0 bridgehead atoms. The number of carboxylic acids is 3. The average Bonchev–Trinajstić information content (AvgIpc) is 3.63. The van der Waals surface area contributed by atoms with Gasteiger partial charge in [-0.1, -0.05) is 30.8 Å². The number of carbonyl (C=O) groups excluding carboxylic acids is 3. The first-order valence-corrected chi connectivity index (χ1v) is 19.3. The second-order valence-corrected chi connectivity index (χ2v) is 14.8. The van der Waals surface area contributed by atoms with E-state index in [1.54, 1.807) is 6.92 Å². The normalized spacial score (nSPS) is 17.8. The molecule has 0 aliphatic carbocycles. The Morgan fingerprint density at radius 1 is 1.07 bits per heavy atom. The number of nitrogens with zero attached hydrogens (tertiary/aromatic N) is 5.